The number of hydrogen-bond donors (Lipinski definition) is 1. The monoisotopic (exact) mass is 676 g/mol. The van der Waals surface area contributed by atoms with E-state index in [9.17, 15) is 18.4 Å². The largest absolute Gasteiger partial charge is 0.493 e. The molecule has 0 atom stereocenters. The fraction of sp³-hybridized carbons (Fsp3) is 0.294. The lowest BCUT2D eigenvalue weighted by molar-refractivity contribution is 0.0525. The fourth-order valence-electron chi connectivity index (χ4n) is 3.82. The van der Waals surface area contributed by atoms with Crippen molar-refractivity contribution in [3.8, 4) is 34.0 Å². The molecule has 1 N–H and O–H groups in total. The number of benzene rings is 2. The molecule has 0 spiro atoms. The smallest absolute Gasteiger partial charge is 0.341 e. The number of halogens is 4. The van der Waals surface area contributed by atoms with Crippen LogP contribution in [-0.4, -0.2) is 46.8 Å². The summed E-state index contributed by atoms with van der Waals surface area (Å²) in [7, 11) is 0. The van der Waals surface area contributed by atoms with E-state index in [1.165, 1.54) is 42.5 Å². The van der Waals surface area contributed by atoms with E-state index in [-0.39, 0.29) is 29.5 Å². The lowest BCUT2D eigenvalue weighted by atomic mass is 10.1. The van der Waals surface area contributed by atoms with Gasteiger partial charge in [-0.1, -0.05) is 50.9 Å². The quantitative estimate of drug-likeness (QED) is 0.124. The van der Waals surface area contributed by atoms with Crippen LogP contribution in [0.4, 0.5) is 8.78 Å². The van der Waals surface area contributed by atoms with Crippen molar-refractivity contribution < 1.29 is 39.1 Å². The third kappa shape index (κ3) is 10.7. The predicted octanol–water partition coefficient (Wildman–Crippen LogP) is 9.27. The molecule has 12 heteroatoms. The van der Waals surface area contributed by atoms with E-state index in [2.05, 4.69) is 9.97 Å². The first-order valence-electron chi connectivity index (χ1n) is 14.4. The minimum atomic E-state index is -1.16. The Morgan fingerprint density at radius 3 is 1.57 bits per heavy atom. The molecule has 2 heterocycles. The van der Waals surface area contributed by atoms with Crippen LogP contribution < -0.4 is 9.47 Å². The van der Waals surface area contributed by atoms with Crippen molar-refractivity contribution in [3.63, 3.8) is 0 Å². The van der Waals surface area contributed by atoms with E-state index in [1.807, 2.05) is 27.7 Å². The van der Waals surface area contributed by atoms with E-state index in [4.69, 9.17) is 42.5 Å². The molecule has 0 bridgehead atoms. The average Bonchev–Trinajstić information content (AvgIpc) is 2.98. The maximum Gasteiger partial charge on any atom is 0.341 e. The molecule has 2 aromatic carbocycles. The number of carboxylic acids is 1. The highest BCUT2D eigenvalue weighted by molar-refractivity contribution is 6.32. The number of pyridine rings is 2. The number of aromatic carboxylic acids is 1. The predicted molar refractivity (Wildman–Crippen MR) is 175 cm³/mol. The van der Waals surface area contributed by atoms with Crippen molar-refractivity contribution in [2.24, 2.45) is 11.8 Å². The van der Waals surface area contributed by atoms with Crippen molar-refractivity contribution in [2.75, 3.05) is 19.8 Å². The zero-order chi connectivity index (χ0) is 34.0. The summed E-state index contributed by atoms with van der Waals surface area (Å²) in [6.07, 6.45) is 0. The maximum absolute atomic E-state index is 13.8. The van der Waals surface area contributed by atoms with Gasteiger partial charge in [-0.15, -0.1) is 0 Å². The second-order valence-corrected chi connectivity index (χ2v) is 11.6. The van der Waals surface area contributed by atoms with E-state index >= 15 is 0 Å². The Bertz CT molecular complexity index is 1690. The molecule has 2 aromatic heterocycles. The first kappa shape index (κ1) is 36.2. The summed E-state index contributed by atoms with van der Waals surface area (Å²) in [6, 6.07) is 14.5. The van der Waals surface area contributed by atoms with Gasteiger partial charge in [-0.25, -0.2) is 28.3 Å². The number of ether oxygens (including phenoxy) is 3. The van der Waals surface area contributed by atoms with Crippen molar-refractivity contribution in [2.45, 2.75) is 34.6 Å². The van der Waals surface area contributed by atoms with Gasteiger partial charge in [0, 0.05) is 24.7 Å². The number of carbonyl (C=O) groups is 2. The first-order chi connectivity index (χ1) is 21.8. The zero-order valence-electron chi connectivity index (χ0n) is 25.9. The summed E-state index contributed by atoms with van der Waals surface area (Å²) in [6.45, 7) is 10.9. The van der Waals surface area contributed by atoms with Gasteiger partial charge < -0.3 is 19.3 Å². The Morgan fingerprint density at radius 2 is 1.20 bits per heavy atom. The van der Waals surface area contributed by atoms with Gasteiger partial charge in [0.25, 0.3) is 0 Å². The molecular weight excluding hydrogens is 641 g/mol. The molecule has 4 aromatic rings. The van der Waals surface area contributed by atoms with E-state index in [0.717, 1.165) is 0 Å². The molecule has 8 nitrogen and oxygen atoms in total. The van der Waals surface area contributed by atoms with Crippen LogP contribution in [-0.2, 0) is 4.74 Å². The summed E-state index contributed by atoms with van der Waals surface area (Å²) in [4.78, 5) is 30.8. The van der Waals surface area contributed by atoms with Crippen LogP contribution in [0.15, 0.2) is 60.7 Å². The topological polar surface area (TPSA) is 108 Å². The zero-order valence-corrected chi connectivity index (χ0v) is 27.5. The average molecular weight is 678 g/mol. The molecule has 0 aliphatic carbocycles. The highest BCUT2D eigenvalue weighted by atomic mass is 35.5. The SMILES string of the molecule is CC(C)COc1cc(F)cc(-c2ccc(C(=O)O)c(Cl)n2)c1.CCOC(=O)c1ccc(-c2cc(F)cc(OCC(C)C)c2)nc1Cl.[HH]. The molecule has 0 aliphatic heterocycles. The molecule has 0 saturated heterocycles. The minimum Gasteiger partial charge on any atom is -0.493 e. The van der Waals surface area contributed by atoms with E-state index in [0.29, 0.717) is 59.1 Å². The van der Waals surface area contributed by atoms with Gasteiger partial charge in [0.15, 0.2) is 0 Å². The lowest BCUT2D eigenvalue weighted by Gasteiger charge is -2.11. The van der Waals surface area contributed by atoms with Gasteiger partial charge in [0.2, 0.25) is 0 Å². The Labute approximate surface area is 277 Å². The molecule has 246 valence electrons. The fourth-order valence-corrected chi connectivity index (χ4v) is 4.29. The molecule has 0 radical (unpaired) electrons. The third-order valence-electron chi connectivity index (χ3n) is 5.92. The molecule has 0 fully saturated rings. The van der Waals surface area contributed by atoms with Crippen LogP contribution in [0.25, 0.3) is 22.5 Å². The number of hydrogen-bond acceptors (Lipinski definition) is 7. The van der Waals surface area contributed by atoms with Crippen molar-refractivity contribution in [1.29, 1.82) is 0 Å². The molecular formula is C34H36Cl2F2N2O6. The van der Waals surface area contributed by atoms with Crippen molar-refractivity contribution >= 4 is 35.1 Å². The number of esters is 1. The second kappa shape index (κ2) is 16.9. The summed E-state index contributed by atoms with van der Waals surface area (Å²) in [5.74, 6) is -1.14. The Balaban J connectivity index is 0.000000321. The summed E-state index contributed by atoms with van der Waals surface area (Å²) in [5, 5.41) is 8.81. The van der Waals surface area contributed by atoms with Crippen LogP contribution in [0.2, 0.25) is 10.3 Å². The molecule has 0 saturated carbocycles. The van der Waals surface area contributed by atoms with Crippen molar-refractivity contribution in [3.05, 3.63) is 93.7 Å². The third-order valence-corrected chi connectivity index (χ3v) is 6.50. The van der Waals surface area contributed by atoms with Crippen LogP contribution in [0, 0.1) is 23.5 Å². The van der Waals surface area contributed by atoms with Crippen LogP contribution in [0.5, 0.6) is 11.5 Å². The van der Waals surface area contributed by atoms with Crippen LogP contribution >= 0.6 is 23.2 Å². The van der Waals surface area contributed by atoms with Gasteiger partial charge >= 0.3 is 11.9 Å². The van der Waals surface area contributed by atoms with Gasteiger partial charge in [0.1, 0.15) is 33.4 Å². The van der Waals surface area contributed by atoms with Crippen LogP contribution in [0.1, 0.15) is 56.8 Å². The Morgan fingerprint density at radius 1 is 0.761 bits per heavy atom. The van der Waals surface area contributed by atoms with Gasteiger partial charge in [-0.2, -0.15) is 0 Å². The highest BCUT2D eigenvalue weighted by Gasteiger charge is 2.15. The molecule has 0 unspecified atom stereocenters. The number of carboxylic acid groups (broad SMARTS) is 1. The maximum atomic E-state index is 13.8. The molecule has 0 amide bonds. The van der Waals surface area contributed by atoms with E-state index in [1.54, 1.807) is 25.1 Å². The number of aromatic nitrogens is 2. The van der Waals surface area contributed by atoms with Gasteiger partial charge in [0.05, 0.1) is 42.3 Å². The Hall–Kier alpha value is -4.28. The first-order valence-corrected chi connectivity index (χ1v) is 15.1. The minimum absolute atomic E-state index is 0. The standard InChI is InChI=1S/C18H19ClFNO3.C16H15ClFNO3.H2/c1-4-23-18(22)15-5-6-16(21-17(15)19)12-7-13(20)9-14(8-12)24-10-11(2)3;1-9(2)8-22-12-6-10(5-11(18)7-12)14-4-3-13(16(20)21)15(17)19-14;/h5-9,11H,4,10H2,1-3H3;3-7,9H,8H2,1-2H3,(H,20,21);1H. The van der Waals surface area contributed by atoms with Gasteiger partial charge in [-0.05, 0) is 67.3 Å². The number of nitrogens with zero attached hydrogens (tertiary/aromatic N) is 2. The van der Waals surface area contributed by atoms with Gasteiger partial charge in [-0.3, -0.25) is 0 Å². The summed E-state index contributed by atoms with van der Waals surface area (Å²) in [5.41, 5.74) is 1.89. The molecule has 46 heavy (non-hydrogen) atoms. The van der Waals surface area contributed by atoms with Crippen molar-refractivity contribution in [1.82, 2.24) is 9.97 Å². The normalized spacial score (nSPS) is 10.8. The Kier molecular flexibility index (Phi) is 13.3. The highest BCUT2D eigenvalue weighted by Crippen LogP contribution is 2.28. The second-order valence-electron chi connectivity index (χ2n) is 10.9. The van der Waals surface area contributed by atoms with Crippen LogP contribution in [0.3, 0.4) is 0 Å². The lowest BCUT2D eigenvalue weighted by Crippen LogP contribution is -2.06. The number of rotatable bonds is 11. The molecule has 4 rings (SSSR count). The summed E-state index contributed by atoms with van der Waals surface area (Å²) >= 11 is 11.9. The van der Waals surface area contributed by atoms with E-state index < -0.39 is 23.6 Å². The summed E-state index contributed by atoms with van der Waals surface area (Å²) < 4.78 is 43.5. The number of carbonyl (C=O) groups excluding carboxylic acids is 1. The molecule has 0 aliphatic rings.